The molecule has 0 N–H and O–H groups in total. The Bertz CT molecular complexity index is 841. The number of thioether (sulfide) groups is 1. The lowest BCUT2D eigenvalue weighted by Gasteiger charge is -2.01. The molecule has 0 fully saturated rings. The van der Waals surface area contributed by atoms with Gasteiger partial charge in [0, 0.05) is 11.1 Å². The minimum atomic E-state index is 0.0540. The zero-order valence-corrected chi connectivity index (χ0v) is 14.5. The average Bonchev–Trinajstić information content (AvgIpc) is 3.09. The first kappa shape index (κ1) is 16.5. The van der Waals surface area contributed by atoms with Crippen molar-refractivity contribution in [3.63, 3.8) is 0 Å². The number of carbonyl (C=O) groups excluding carboxylic acids is 1. The molecule has 4 nitrogen and oxygen atoms in total. The van der Waals surface area contributed by atoms with Crippen LogP contribution in [-0.2, 0) is 6.42 Å². The first-order valence-corrected chi connectivity index (χ1v) is 8.80. The molecule has 0 aliphatic carbocycles. The number of benzene rings is 2. The van der Waals surface area contributed by atoms with Crippen molar-refractivity contribution in [1.82, 2.24) is 10.2 Å². The van der Waals surface area contributed by atoms with Crippen molar-refractivity contribution < 1.29 is 9.21 Å². The van der Waals surface area contributed by atoms with Crippen LogP contribution in [0.25, 0.3) is 11.5 Å². The molecule has 0 spiro atoms. The van der Waals surface area contributed by atoms with Crippen LogP contribution in [0.1, 0.15) is 28.4 Å². The third-order valence-electron chi connectivity index (χ3n) is 3.79. The topological polar surface area (TPSA) is 56.0 Å². The molecular weight excluding hydrogens is 320 g/mol. The van der Waals surface area contributed by atoms with E-state index >= 15 is 0 Å². The van der Waals surface area contributed by atoms with E-state index in [2.05, 4.69) is 17.1 Å². The van der Waals surface area contributed by atoms with E-state index < -0.39 is 0 Å². The molecule has 0 aliphatic heterocycles. The van der Waals surface area contributed by atoms with Crippen molar-refractivity contribution in [1.29, 1.82) is 0 Å². The van der Waals surface area contributed by atoms with Crippen molar-refractivity contribution in [3.8, 4) is 11.5 Å². The normalized spacial score (nSPS) is 10.8. The summed E-state index contributed by atoms with van der Waals surface area (Å²) < 4.78 is 5.66. The van der Waals surface area contributed by atoms with E-state index in [0.717, 1.165) is 17.5 Å². The first-order valence-electron chi connectivity index (χ1n) is 7.82. The number of hydrogen-bond donors (Lipinski definition) is 0. The maximum Gasteiger partial charge on any atom is 0.277 e. The third kappa shape index (κ3) is 3.74. The van der Waals surface area contributed by atoms with Gasteiger partial charge in [-0.25, -0.2) is 0 Å². The lowest BCUT2D eigenvalue weighted by Crippen LogP contribution is -2.02. The lowest BCUT2D eigenvalue weighted by atomic mass is 10.1. The highest BCUT2D eigenvalue weighted by molar-refractivity contribution is 7.99. The number of aromatic nitrogens is 2. The Balaban J connectivity index is 1.65. The molecule has 122 valence electrons. The van der Waals surface area contributed by atoms with Crippen LogP contribution in [0.3, 0.4) is 0 Å². The second-order valence-electron chi connectivity index (χ2n) is 5.45. The summed E-state index contributed by atoms with van der Waals surface area (Å²) in [6.45, 7) is 4.09. The number of rotatable bonds is 6. The van der Waals surface area contributed by atoms with Gasteiger partial charge in [-0.1, -0.05) is 61.2 Å². The second kappa shape index (κ2) is 7.45. The summed E-state index contributed by atoms with van der Waals surface area (Å²) in [5.74, 6) is 0.814. The second-order valence-corrected chi connectivity index (χ2v) is 6.38. The van der Waals surface area contributed by atoms with Gasteiger partial charge in [0.1, 0.15) is 0 Å². The molecule has 0 unspecified atom stereocenters. The summed E-state index contributed by atoms with van der Waals surface area (Å²) in [6.07, 6.45) is 0.965. The molecule has 2 aromatic carbocycles. The van der Waals surface area contributed by atoms with Crippen LogP contribution in [0.15, 0.2) is 58.2 Å². The first-order chi connectivity index (χ1) is 11.7. The highest BCUT2D eigenvalue weighted by Gasteiger charge is 2.13. The monoisotopic (exact) mass is 338 g/mol. The van der Waals surface area contributed by atoms with Crippen LogP contribution in [0.2, 0.25) is 0 Å². The molecule has 0 atom stereocenters. The number of carbonyl (C=O) groups is 1. The van der Waals surface area contributed by atoms with E-state index in [4.69, 9.17) is 4.42 Å². The Morgan fingerprint density at radius 2 is 1.83 bits per heavy atom. The highest BCUT2D eigenvalue weighted by atomic mass is 32.2. The fourth-order valence-electron chi connectivity index (χ4n) is 2.33. The van der Waals surface area contributed by atoms with Gasteiger partial charge in [0.2, 0.25) is 5.89 Å². The fourth-order valence-corrected chi connectivity index (χ4v) is 2.98. The maximum absolute atomic E-state index is 12.2. The van der Waals surface area contributed by atoms with Crippen molar-refractivity contribution in [2.24, 2.45) is 0 Å². The molecule has 1 aromatic heterocycles. The summed E-state index contributed by atoms with van der Waals surface area (Å²) in [6, 6.07) is 15.5. The van der Waals surface area contributed by atoms with Gasteiger partial charge in [-0.15, -0.1) is 10.2 Å². The number of hydrogen-bond acceptors (Lipinski definition) is 5. The van der Waals surface area contributed by atoms with E-state index in [9.17, 15) is 4.79 Å². The molecule has 3 rings (SSSR count). The van der Waals surface area contributed by atoms with Crippen molar-refractivity contribution in [3.05, 3.63) is 65.2 Å². The largest absolute Gasteiger partial charge is 0.411 e. The van der Waals surface area contributed by atoms with Gasteiger partial charge in [0.25, 0.3) is 5.22 Å². The predicted octanol–water partition coefficient (Wildman–Crippen LogP) is 4.58. The molecule has 5 heteroatoms. The quantitative estimate of drug-likeness (QED) is 0.486. The van der Waals surface area contributed by atoms with Crippen molar-refractivity contribution in [2.75, 3.05) is 5.75 Å². The molecule has 0 bridgehead atoms. The zero-order valence-electron chi connectivity index (χ0n) is 13.7. The molecule has 0 saturated carbocycles. The summed E-state index contributed by atoms with van der Waals surface area (Å²) in [7, 11) is 0. The SMILES string of the molecule is CCc1ccc(C(=O)CSc2nnc(-c3ccccc3C)o2)cc1. The van der Waals surface area contributed by atoms with Crippen LogP contribution in [0.4, 0.5) is 0 Å². The Morgan fingerprint density at radius 1 is 1.08 bits per heavy atom. The van der Waals surface area contributed by atoms with E-state index in [1.807, 2.05) is 55.5 Å². The van der Waals surface area contributed by atoms with E-state index in [0.29, 0.717) is 16.7 Å². The minimum Gasteiger partial charge on any atom is -0.411 e. The molecule has 0 amide bonds. The van der Waals surface area contributed by atoms with Gasteiger partial charge in [-0.05, 0) is 30.5 Å². The van der Waals surface area contributed by atoms with Crippen molar-refractivity contribution >= 4 is 17.5 Å². The zero-order chi connectivity index (χ0) is 16.9. The molecule has 3 aromatic rings. The molecule has 0 aliphatic rings. The van der Waals surface area contributed by atoms with Gasteiger partial charge in [0.15, 0.2) is 5.78 Å². The summed E-state index contributed by atoms with van der Waals surface area (Å²) >= 11 is 1.26. The Kier molecular flexibility index (Phi) is 5.11. The Hall–Kier alpha value is -2.40. The molecule has 24 heavy (non-hydrogen) atoms. The van der Waals surface area contributed by atoms with Gasteiger partial charge in [0.05, 0.1) is 5.75 Å². The van der Waals surface area contributed by atoms with E-state index in [1.54, 1.807) is 0 Å². The molecule has 0 radical (unpaired) electrons. The van der Waals surface area contributed by atoms with Gasteiger partial charge >= 0.3 is 0 Å². The fraction of sp³-hybridized carbons (Fsp3) is 0.211. The minimum absolute atomic E-state index is 0.0540. The van der Waals surface area contributed by atoms with Gasteiger partial charge in [-0.3, -0.25) is 4.79 Å². The van der Waals surface area contributed by atoms with E-state index in [1.165, 1.54) is 17.3 Å². The lowest BCUT2D eigenvalue weighted by molar-refractivity contribution is 0.102. The van der Waals surface area contributed by atoms with Crippen LogP contribution in [0.5, 0.6) is 0 Å². The predicted molar refractivity (Wildman–Crippen MR) is 95.3 cm³/mol. The van der Waals surface area contributed by atoms with E-state index in [-0.39, 0.29) is 11.5 Å². The smallest absolute Gasteiger partial charge is 0.277 e. The molecular formula is C19H18N2O2S. The van der Waals surface area contributed by atoms with Crippen LogP contribution < -0.4 is 0 Å². The third-order valence-corrected chi connectivity index (χ3v) is 4.61. The van der Waals surface area contributed by atoms with Gasteiger partial charge < -0.3 is 4.42 Å². The average molecular weight is 338 g/mol. The highest BCUT2D eigenvalue weighted by Crippen LogP contribution is 2.25. The van der Waals surface area contributed by atoms with Crippen molar-refractivity contribution in [2.45, 2.75) is 25.5 Å². The van der Waals surface area contributed by atoms with Gasteiger partial charge in [-0.2, -0.15) is 0 Å². The maximum atomic E-state index is 12.2. The number of Topliss-reactive ketones (excluding diaryl/α,β-unsaturated/α-hetero) is 1. The molecule has 0 saturated heterocycles. The van der Waals surface area contributed by atoms with Crippen LogP contribution in [-0.4, -0.2) is 21.7 Å². The number of aryl methyl sites for hydroxylation is 2. The standard InChI is InChI=1S/C19H18N2O2S/c1-3-14-8-10-15(11-9-14)17(22)12-24-19-21-20-18(23-19)16-7-5-4-6-13(16)2/h4-11H,3,12H2,1-2H3. The number of nitrogens with zero attached hydrogens (tertiary/aromatic N) is 2. The Morgan fingerprint density at radius 3 is 2.54 bits per heavy atom. The van der Waals surface area contributed by atoms with Crippen LogP contribution in [0, 0.1) is 6.92 Å². The molecule has 1 heterocycles. The number of ketones is 1. The summed E-state index contributed by atoms with van der Waals surface area (Å²) in [5, 5.41) is 8.50. The Labute approximate surface area is 145 Å². The summed E-state index contributed by atoms with van der Waals surface area (Å²) in [4.78, 5) is 12.2. The summed E-state index contributed by atoms with van der Waals surface area (Å²) in [5.41, 5.74) is 3.92. The van der Waals surface area contributed by atoms with Crippen LogP contribution >= 0.6 is 11.8 Å².